The normalized spacial score (nSPS) is 21.1. The summed E-state index contributed by atoms with van der Waals surface area (Å²) in [7, 11) is 0. The van der Waals surface area contributed by atoms with Gasteiger partial charge in [0.25, 0.3) is 0 Å². The summed E-state index contributed by atoms with van der Waals surface area (Å²) in [5.41, 5.74) is 7.44. The highest BCUT2D eigenvalue weighted by molar-refractivity contribution is 6.16. The van der Waals surface area contributed by atoms with E-state index in [-0.39, 0.29) is 17.6 Å². The van der Waals surface area contributed by atoms with Crippen LogP contribution in [0.5, 0.6) is 0 Å². The van der Waals surface area contributed by atoms with E-state index in [1.807, 2.05) is 63.3 Å². The van der Waals surface area contributed by atoms with Crippen molar-refractivity contribution in [3.63, 3.8) is 0 Å². The second kappa shape index (κ2) is 16.7. The van der Waals surface area contributed by atoms with Gasteiger partial charge in [0.1, 0.15) is 12.6 Å². The molecule has 0 N–H and O–H groups in total. The number of rotatable bonds is 12. The van der Waals surface area contributed by atoms with Gasteiger partial charge in [0.2, 0.25) is 0 Å². The smallest absolute Gasteiger partial charge is 0.164 e. The number of allylic oxidation sites excluding steroid dienone is 22. The molecule has 2 rings (SSSR count). The molecule has 0 aromatic carbocycles. The molecular formula is C40H50O3. The standard InChI is InChI=1S/C40H50O3/c1-30(16-11-18-32(3)21-24-36-34(5)20-13-27-39(36,7)8)14-9-10-15-31(2)17-12-19-33(4)22-25-37-35(6)23-26-38(43)40(37,28-41)29-42/h9-12,14-19,21-22,24-25,28-29H,13,20,23,26-27H2,1-8H3/b10-9+,16-11+,17-12+,24-21+,25-22+,30-14+,31-15+,32-18+,33-19+. The Balaban J connectivity index is 1.95. The average Bonchev–Trinajstić information content (AvgIpc) is 2.95. The largest absolute Gasteiger partial charge is 0.301 e. The lowest BCUT2D eigenvalue weighted by atomic mass is 9.70. The molecule has 0 bridgehead atoms. The van der Waals surface area contributed by atoms with Gasteiger partial charge in [0.15, 0.2) is 11.2 Å². The van der Waals surface area contributed by atoms with E-state index in [0.717, 1.165) is 16.7 Å². The van der Waals surface area contributed by atoms with Crippen molar-refractivity contribution in [3.8, 4) is 0 Å². The van der Waals surface area contributed by atoms with E-state index in [2.05, 4.69) is 71.1 Å². The van der Waals surface area contributed by atoms with Crippen molar-refractivity contribution in [2.75, 3.05) is 0 Å². The molecule has 0 aromatic rings. The first-order chi connectivity index (χ1) is 20.4. The van der Waals surface area contributed by atoms with Crippen molar-refractivity contribution >= 4 is 18.4 Å². The topological polar surface area (TPSA) is 51.2 Å². The molecule has 2 aliphatic carbocycles. The molecule has 3 nitrogen and oxygen atoms in total. The highest BCUT2D eigenvalue weighted by Crippen LogP contribution is 2.41. The van der Waals surface area contributed by atoms with Crippen LogP contribution in [0.1, 0.15) is 87.5 Å². The van der Waals surface area contributed by atoms with Crippen LogP contribution in [0.25, 0.3) is 0 Å². The van der Waals surface area contributed by atoms with Gasteiger partial charge in [-0.15, -0.1) is 0 Å². The van der Waals surface area contributed by atoms with Crippen molar-refractivity contribution in [1.29, 1.82) is 0 Å². The SMILES string of the molecule is CC1=C(/C=C/C(C)=C/C=C/C(C)=C/C=C/C=C(C)/C=C/C=C(C)/C=C/C2=C(C)CCC(=O)C2(C=O)C=O)C(C)(C)CCC1. The van der Waals surface area contributed by atoms with Crippen LogP contribution in [0, 0.1) is 10.8 Å². The summed E-state index contributed by atoms with van der Waals surface area (Å²) in [5, 5.41) is 0. The average molecular weight is 579 g/mol. The van der Waals surface area contributed by atoms with E-state index in [9.17, 15) is 14.4 Å². The molecule has 2 aliphatic rings. The Bertz CT molecular complexity index is 1390. The summed E-state index contributed by atoms with van der Waals surface area (Å²) < 4.78 is 0. The van der Waals surface area contributed by atoms with Gasteiger partial charge < -0.3 is 9.59 Å². The van der Waals surface area contributed by atoms with Gasteiger partial charge in [0.05, 0.1) is 0 Å². The number of Topliss-reactive ketones (excluding diaryl/α,β-unsaturated/α-hetero) is 1. The molecule has 0 saturated heterocycles. The van der Waals surface area contributed by atoms with E-state index in [1.165, 1.54) is 41.6 Å². The number of hydrogen-bond acceptors (Lipinski definition) is 3. The number of aldehydes is 2. The molecule has 3 heteroatoms. The number of hydrogen-bond donors (Lipinski definition) is 0. The molecule has 0 fully saturated rings. The van der Waals surface area contributed by atoms with Gasteiger partial charge in [-0.3, -0.25) is 4.79 Å². The maximum absolute atomic E-state index is 12.4. The van der Waals surface area contributed by atoms with Crippen molar-refractivity contribution < 1.29 is 14.4 Å². The number of carbonyl (C=O) groups excluding carboxylic acids is 3. The lowest BCUT2D eigenvalue weighted by Gasteiger charge is -2.32. The lowest BCUT2D eigenvalue weighted by Crippen LogP contribution is -2.39. The molecule has 0 unspecified atom stereocenters. The number of ketones is 1. The molecule has 0 aromatic heterocycles. The van der Waals surface area contributed by atoms with Gasteiger partial charge in [-0.25, -0.2) is 0 Å². The first kappa shape index (κ1) is 35.3. The summed E-state index contributed by atoms with van der Waals surface area (Å²) in [6.45, 7) is 17.0. The third-order valence-corrected chi connectivity index (χ3v) is 8.30. The predicted octanol–water partition coefficient (Wildman–Crippen LogP) is 10.1. The second-order valence-electron chi connectivity index (χ2n) is 12.6. The summed E-state index contributed by atoms with van der Waals surface area (Å²) in [4.78, 5) is 35.8. The molecule has 0 aliphatic heterocycles. The van der Waals surface area contributed by atoms with E-state index < -0.39 is 5.41 Å². The van der Waals surface area contributed by atoms with Crippen LogP contribution in [0.3, 0.4) is 0 Å². The maximum Gasteiger partial charge on any atom is 0.164 e. The Morgan fingerprint density at radius 1 is 0.605 bits per heavy atom. The van der Waals surface area contributed by atoms with Crippen molar-refractivity contribution in [2.45, 2.75) is 87.5 Å². The zero-order valence-electron chi connectivity index (χ0n) is 27.5. The third kappa shape index (κ3) is 10.4. The van der Waals surface area contributed by atoms with Crippen LogP contribution in [0.15, 0.2) is 130 Å². The van der Waals surface area contributed by atoms with Crippen molar-refractivity contribution in [3.05, 3.63) is 130 Å². The molecule has 43 heavy (non-hydrogen) atoms. The molecule has 0 atom stereocenters. The van der Waals surface area contributed by atoms with E-state index >= 15 is 0 Å². The molecule has 0 amide bonds. The van der Waals surface area contributed by atoms with Crippen LogP contribution in [-0.4, -0.2) is 18.4 Å². The maximum atomic E-state index is 12.4. The van der Waals surface area contributed by atoms with Crippen LogP contribution in [-0.2, 0) is 14.4 Å². The lowest BCUT2D eigenvalue weighted by molar-refractivity contribution is -0.137. The van der Waals surface area contributed by atoms with Crippen molar-refractivity contribution in [2.24, 2.45) is 10.8 Å². The minimum atomic E-state index is -1.67. The highest BCUT2D eigenvalue weighted by atomic mass is 16.2. The molecule has 0 heterocycles. The first-order valence-electron chi connectivity index (χ1n) is 15.3. The van der Waals surface area contributed by atoms with Gasteiger partial charge >= 0.3 is 0 Å². The quantitative estimate of drug-likeness (QED) is 0.131. The monoisotopic (exact) mass is 578 g/mol. The van der Waals surface area contributed by atoms with Crippen LogP contribution in [0.2, 0.25) is 0 Å². The Kier molecular flexibility index (Phi) is 13.7. The summed E-state index contributed by atoms with van der Waals surface area (Å²) in [6.07, 6.45) is 34.1. The van der Waals surface area contributed by atoms with Gasteiger partial charge in [-0.1, -0.05) is 132 Å². The fourth-order valence-corrected chi connectivity index (χ4v) is 5.49. The molecule has 0 radical (unpaired) electrons. The molecule has 0 saturated carbocycles. The van der Waals surface area contributed by atoms with Gasteiger partial charge in [-0.2, -0.15) is 0 Å². The van der Waals surface area contributed by atoms with Crippen molar-refractivity contribution in [1.82, 2.24) is 0 Å². The molecule has 0 spiro atoms. The number of carbonyl (C=O) groups is 3. The van der Waals surface area contributed by atoms with Gasteiger partial charge in [-0.05, 0) is 83.8 Å². The van der Waals surface area contributed by atoms with Gasteiger partial charge in [0, 0.05) is 6.42 Å². The fraction of sp³-hybridized carbons (Fsp3) is 0.375. The van der Waals surface area contributed by atoms with Crippen LogP contribution < -0.4 is 0 Å². The first-order valence-corrected chi connectivity index (χ1v) is 15.3. The van der Waals surface area contributed by atoms with E-state index in [4.69, 9.17) is 0 Å². The van der Waals surface area contributed by atoms with Crippen LogP contribution in [0.4, 0.5) is 0 Å². The predicted molar refractivity (Wildman–Crippen MR) is 183 cm³/mol. The third-order valence-electron chi connectivity index (χ3n) is 8.30. The second-order valence-corrected chi connectivity index (χ2v) is 12.6. The Morgan fingerprint density at radius 2 is 1.05 bits per heavy atom. The van der Waals surface area contributed by atoms with Crippen LogP contribution >= 0.6 is 0 Å². The van der Waals surface area contributed by atoms with E-state index in [1.54, 1.807) is 6.08 Å². The zero-order valence-corrected chi connectivity index (χ0v) is 27.5. The molecular weight excluding hydrogens is 528 g/mol. The summed E-state index contributed by atoms with van der Waals surface area (Å²) in [6, 6.07) is 0. The Labute approximate surface area is 260 Å². The summed E-state index contributed by atoms with van der Waals surface area (Å²) >= 11 is 0. The Hall–Kier alpha value is -3.85. The minimum absolute atomic E-state index is 0.219. The summed E-state index contributed by atoms with van der Waals surface area (Å²) in [5.74, 6) is -0.332. The Morgan fingerprint density at radius 3 is 1.53 bits per heavy atom. The highest BCUT2D eigenvalue weighted by Gasteiger charge is 2.43. The van der Waals surface area contributed by atoms with E-state index in [0.29, 0.717) is 24.6 Å². The molecule has 228 valence electrons. The minimum Gasteiger partial charge on any atom is -0.301 e. The fourth-order valence-electron chi connectivity index (χ4n) is 5.49. The zero-order chi connectivity index (χ0) is 32.0.